The molecule has 2 nitrogen and oxygen atoms in total. The zero-order valence-electron chi connectivity index (χ0n) is 4.12. The van der Waals surface area contributed by atoms with E-state index in [2.05, 4.69) is 0 Å². The first-order valence-corrected chi connectivity index (χ1v) is 4.03. The van der Waals surface area contributed by atoms with Crippen molar-refractivity contribution in [1.29, 1.82) is 0 Å². The van der Waals surface area contributed by atoms with Crippen LogP contribution in [0.2, 0.25) is 0 Å². The van der Waals surface area contributed by atoms with Crippen LogP contribution in [-0.4, -0.2) is 12.9 Å². The van der Waals surface area contributed by atoms with Crippen LogP contribution in [0.3, 0.4) is 0 Å². The van der Waals surface area contributed by atoms with E-state index in [4.69, 9.17) is 69.6 Å². The molecular weight excluding hydrogens is 267 g/mol. The molecule has 0 amide bonds. The molecule has 10 heavy (non-hydrogen) atoms. The Morgan fingerprint density at radius 2 is 1.00 bits per heavy atom. The van der Waals surface area contributed by atoms with E-state index in [1.165, 1.54) is 0 Å². The fourth-order valence-corrected chi connectivity index (χ4v) is 1.29. The second-order valence-electron chi connectivity index (χ2n) is 1.23. The highest BCUT2D eigenvalue weighted by Crippen LogP contribution is 2.41. The first-order chi connectivity index (χ1) is 4.15. The predicted molar refractivity (Wildman–Crippen MR) is 43.1 cm³/mol. The van der Waals surface area contributed by atoms with Crippen molar-refractivity contribution in [3.63, 3.8) is 0 Å². The molecule has 0 N–H and O–H groups in total. The lowest BCUT2D eigenvalue weighted by atomic mass is 11.1. The third kappa shape index (κ3) is 3.88. The van der Waals surface area contributed by atoms with E-state index >= 15 is 0 Å². The Balaban J connectivity index is 4.23. The Kier molecular flexibility index (Phi) is 4.18. The number of alkyl halides is 6. The minimum absolute atomic E-state index is 0.282. The van der Waals surface area contributed by atoms with Crippen LogP contribution in [0.5, 0.6) is 0 Å². The second kappa shape index (κ2) is 3.58. The highest BCUT2D eigenvalue weighted by Gasteiger charge is 2.44. The molecule has 1 radical (unpaired) electrons. The molecule has 0 heterocycles. The standard InChI is InChI=1S/C2Cl6NO/c3-1(4,5)9(10)2(6,7)8. The fourth-order valence-electron chi connectivity index (χ4n) is 0.144. The molecule has 0 aromatic rings. The van der Waals surface area contributed by atoms with Crippen molar-refractivity contribution in [2.75, 3.05) is 0 Å². The molecule has 0 fully saturated rings. The van der Waals surface area contributed by atoms with E-state index in [-0.39, 0.29) is 5.06 Å². The van der Waals surface area contributed by atoms with E-state index < -0.39 is 7.83 Å². The van der Waals surface area contributed by atoms with Gasteiger partial charge in [-0.15, -0.1) is 5.21 Å². The number of hydrogen-bond donors (Lipinski definition) is 0. The molecule has 0 saturated heterocycles. The van der Waals surface area contributed by atoms with Gasteiger partial charge in [0.25, 0.3) is 7.83 Å². The van der Waals surface area contributed by atoms with Crippen LogP contribution in [0, 0.1) is 0 Å². The van der Waals surface area contributed by atoms with Crippen LogP contribution >= 0.6 is 69.6 Å². The lowest BCUT2D eigenvalue weighted by Crippen LogP contribution is -2.40. The van der Waals surface area contributed by atoms with Gasteiger partial charge in [-0.2, -0.15) is 0 Å². The van der Waals surface area contributed by atoms with E-state index in [0.717, 1.165) is 0 Å². The normalized spacial score (nSPS) is 14.4. The molecule has 0 unspecified atom stereocenters. The molecule has 0 aliphatic heterocycles. The van der Waals surface area contributed by atoms with Crippen LogP contribution in [0.1, 0.15) is 0 Å². The third-order valence-corrected chi connectivity index (χ3v) is 1.38. The predicted octanol–water partition coefficient (Wildman–Crippen LogP) is 3.29. The van der Waals surface area contributed by atoms with Crippen LogP contribution in [0.15, 0.2) is 0 Å². The second-order valence-corrected chi connectivity index (χ2v) is 5.67. The van der Waals surface area contributed by atoms with Crippen LogP contribution in [0.4, 0.5) is 0 Å². The Morgan fingerprint density at radius 1 is 0.800 bits per heavy atom. The Bertz CT molecular complexity index is 99.9. The summed E-state index contributed by atoms with van der Waals surface area (Å²) < 4.78 is -4.52. The summed E-state index contributed by atoms with van der Waals surface area (Å²) in [7, 11) is 0. The van der Waals surface area contributed by atoms with E-state index in [1.807, 2.05) is 0 Å². The first kappa shape index (κ1) is 11.7. The summed E-state index contributed by atoms with van der Waals surface area (Å²) in [6, 6.07) is 0. The topological polar surface area (TPSA) is 23.1 Å². The average Bonchev–Trinajstić information content (AvgIpc) is 1.59. The highest BCUT2D eigenvalue weighted by molar-refractivity contribution is 6.71. The van der Waals surface area contributed by atoms with Gasteiger partial charge in [0.15, 0.2) is 0 Å². The summed E-state index contributed by atoms with van der Waals surface area (Å²) in [5, 5.41) is 10.3. The number of hydroxylamine groups is 2. The molecular formula is C2Cl6NO. The number of hydrogen-bond acceptors (Lipinski definition) is 1. The molecule has 0 atom stereocenters. The van der Waals surface area contributed by atoms with Crippen molar-refractivity contribution < 1.29 is 5.21 Å². The first-order valence-electron chi connectivity index (χ1n) is 1.76. The summed E-state index contributed by atoms with van der Waals surface area (Å²) in [6.45, 7) is 0. The minimum atomic E-state index is -2.26. The largest absolute Gasteiger partial charge is 0.276 e. The monoisotopic (exact) mass is 264 g/mol. The van der Waals surface area contributed by atoms with Crippen molar-refractivity contribution in [2.45, 2.75) is 7.83 Å². The molecule has 0 aromatic carbocycles. The van der Waals surface area contributed by atoms with Crippen molar-refractivity contribution in [3.8, 4) is 0 Å². The lowest BCUT2D eigenvalue weighted by molar-refractivity contribution is -0.166. The highest BCUT2D eigenvalue weighted by atomic mass is 35.6. The molecule has 0 rings (SSSR count). The lowest BCUT2D eigenvalue weighted by Gasteiger charge is -2.25. The average molecular weight is 267 g/mol. The Morgan fingerprint density at radius 3 is 1.00 bits per heavy atom. The summed E-state index contributed by atoms with van der Waals surface area (Å²) in [5.74, 6) is 0. The molecule has 0 aromatic heterocycles. The van der Waals surface area contributed by atoms with E-state index in [9.17, 15) is 5.21 Å². The van der Waals surface area contributed by atoms with Crippen molar-refractivity contribution >= 4 is 69.6 Å². The van der Waals surface area contributed by atoms with Gasteiger partial charge < -0.3 is 0 Å². The van der Waals surface area contributed by atoms with Crippen molar-refractivity contribution in [3.05, 3.63) is 0 Å². The van der Waals surface area contributed by atoms with E-state index in [0.29, 0.717) is 0 Å². The quantitative estimate of drug-likeness (QED) is 0.375. The maximum atomic E-state index is 10.6. The summed E-state index contributed by atoms with van der Waals surface area (Å²) in [5.41, 5.74) is 0. The molecule has 8 heteroatoms. The Labute approximate surface area is 87.4 Å². The zero-order valence-corrected chi connectivity index (χ0v) is 8.66. The minimum Gasteiger partial charge on any atom is -0.113 e. The fraction of sp³-hybridized carbons (Fsp3) is 1.00. The molecule has 0 bridgehead atoms. The zero-order chi connectivity index (χ0) is 8.58. The molecule has 61 valence electrons. The van der Waals surface area contributed by atoms with E-state index in [1.54, 1.807) is 0 Å². The number of rotatable bonds is 0. The van der Waals surface area contributed by atoms with Gasteiger partial charge in [0.1, 0.15) is 0 Å². The maximum Gasteiger partial charge on any atom is 0.276 e. The van der Waals surface area contributed by atoms with Crippen molar-refractivity contribution in [2.24, 2.45) is 0 Å². The summed E-state index contributed by atoms with van der Waals surface area (Å²) in [4.78, 5) is 0. The molecule has 0 saturated carbocycles. The van der Waals surface area contributed by atoms with Gasteiger partial charge in [0.2, 0.25) is 0 Å². The van der Waals surface area contributed by atoms with Crippen LogP contribution < -0.4 is 0 Å². The number of nitrogens with zero attached hydrogens (tertiary/aromatic N) is 1. The molecule has 0 spiro atoms. The molecule has 0 aliphatic carbocycles. The van der Waals surface area contributed by atoms with Gasteiger partial charge in [0, 0.05) is 0 Å². The SMILES string of the molecule is [O]N(C(Cl)(Cl)Cl)C(Cl)(Cl)Cl. The van der Waals surface area contributed by atoms with Crippen LogP contribution in [0.25, 0.3) is 0 Å². The molecule has 0 aliphatic rings. The summed E-state index contributed by atoms with van der Waals surface area (Å²) in [6.07, 6.45) is 0. The smallest absolute Gasteiger partial charge is 0.113 e. The van der Waals surface area contributed by atoms with Gasteiger partial charge in [-0.3, -0.25) is 0 Å². The van der Waals surface area contributed by atoms with Gasteiger partial charge >= 0.3 is 0 Å². The third-order valence-electron chi connectivity index (χ3n) is 0.461. The maximum absolute atomic E-state index is 10.6. The van der Waals surface area contributed by atoms with Gasteiger partial charge in [-0.1, -0.05) is 74.7 Å². The Hall–Kier alpha value is 1.66. The van der Waals surface area contributed by atoms with Gasteiger partial charge in [-0.05, 0) is 0 Å². The van der Waals surface area contributed by atoms with Gasteiger partial charge in [-0.25, -0.2) is 0 Å². The van der Waals surface area contributed by atoms with Crippen molar-refractivity contribution in [1.82, 2.24) is 5.06 Å². The van der Waals surface area contributed by atoms with Gasteiger partial charge in [0.05, 0.1) is 0 Å². The van der Waals surface area contributed by atoms with Crippen LogP contribution in [-0.2, 0) is 5.21 Å². The summed E-state index contributed by atoms with van der Waals surface area (Å²) >= 11 is 30.4. The number of halogens is 6.